The van der Waals surface area contributed by atoms with Crippen molar-refractivity contribution in [1.29, 1.82) is 0 Å². The van der Waals surface area contributed by atoms with Gasteiger partial charge in [0, 0.05) is 19.1 Å². The van der Waals surface area contributed by atoms with Crippen molar-refractivity contribution < 1.29 is 9.59 Å². The molecule has 0 saturated carbocycles. The first-order valence-electron chi connectivity index (χ1n) is 8.49. The van der Waals surface area contributed by atoms with Crippen LogP contribution in [-0.2, 0) is 6.54 Å². The van der Waals surface area contributed by atoms with Crippen LogP contribution in [0.25, 0.3) is 0 Å². The number of carbonyl (C=O) groups is 2. The molecule has 0 bridgehead atoms. The highest BCUT2D eigenvalue weighted by molar-refractivity contribution is 6.05. The minimum Gasteiger partial charge on any atom is -0.346 e. The van der Waals surface area contributed by atoms with Gasteiger partial charge in [-0.25, -0.2) is 4.68 Å². The highest BCUT2D eigenvalue weighted by Crippen LogP contribution is 2.21. The van der Waals surface area contributed by atoms with Crippen molar-refractivity contribution in [2.75, 3.05) is 13.1 Å². The fourth-order valence-electron chi connectivity index (χ4n) is 3.38. The molecule has 0 aromatic carbocycles. The second kappa shape index (κ2) is 6.29. The van der Waals surface area contributed by atoms with Gasteiger partial charge in [-0.3, -0.25) is 9.59 Å². The summed E-state index contributed by atoms with van der Waals surface area (Å²) in [5.41, 5.74) is 0.508. The number of carbonyl (C=O) groups excluding carboxylic acids is 2. The average molecular weight is 319 g/mol. The largest absolute Gasteiger partial charge is 0.346 e. The Balaban J connectivity index is 1.78. The molecule has 0 radical (unpaired) electrons. The molecule has 1 atom stereocenters. The highest BCUT2D eigenvalue weighted by atomic mass is 16.2. The first-order chi connectivity index (χ1) is 11.0. The van der Waals surface area contributed by atoms with Crippen molar-refractivity contribution >= 4 is 11.8 Å². The second-order valence-corrected chi connectivity index (χ2v) is 7.24. The summed E-state index contributed by atoms with van der Waals surface area (Å²) in [6.07, 6.45) is 2.88. The van der Waals surface area contributed by atoms with Crippen LogP contribution in [0.15, 0.2) is 0 Å². The predicted molar refractivity (Wildman–Crippen MR) is 85.0 cm³/mol. The third-order valence-electron chi connectivity index (χ3n) is 4.71. The van der Waals surface area contributed by atoms with Crippen LogP contribution in [0, 0.1) is 11.8 Å². The van der Waals surface area contributed by atoms with Gasteiger partial charge in [-0.15, -0.1) is 5.10 Å². The van der Waals surface area contributed by atoms with Crippen LogP contribution in [0.4, 0.5) is 0 Å². The minimum absolute atomic E-state index is 0.0514. The summed E-state index contributed by atoms with van der Waals surface area (Å²) in [4.78, 5) is 26.9. The molecular weight excluding hydrogens is 294 g/mol. The zero-order valence-corrected chi connectivity index (χ0v) is 14.1. The number of nitrogens with zero attached hydrogens (tertiary/aromatic N) is 4. The average Bonchev–Trinajstić information content (AvgIpc) is 2.91. The van der Waals surface area contributed by atoms with Crippen LogP contribution in [0.2, 0.25) is 0 Å². The second-order valence-electron chi connectivity index (χ2n) is 7.24. The third-order valence-corrected chi connectivity index (χ3v) is 4.71. The number of aromatic nitrogens is 3. The molecule has 2 aliphatic heterocycles. The fourth-order valence-corrected chi connectivity index (χ4v) is 3.38. The molecular formula is C16H25N5O2. The molecule has 1 aromatic heterocycles. The van der Waals surface area contributed by atoms with Crippen molar-refractivity contribution in [2.24, 2.45) is 11.8 Å². The van der Waals surface area contributed by atoms with Gasteiger partial charge in [0.05, 0.1) is 6.54 Å². The van der Waals surface area contributed by atoms with Gasteiger partial charge < -0.3 is 10.2 Å². The van der Waals surface area contributed by atoms with Crippen LogP contribution >= 0.6 is 0 Å². The third kappa shape index (κ3) is 3.23. The maximum atomic E-state index is 12.7. The first-order valence-corrected chi connectivity index (χ1v) is 8.49. The van der Waals surface area contributed by atoms with Crippen LogP contribution in [0.5, 0.6) is 0 Å². The summed E-state index contributed by atoms with van der Waals surface area (Å²) in [6.45, 7) is 8.47. The number of hydrogen-bond acceptors (Lipinski definition) is 4. The number of fused-ring (bicyclic) bond motifs is 1. The van der Waals surface area contributed by atoms with E-state index in [2.05, 4.69) is 36.4 Å². The van der Waals surface area contributed by atoms with E-state index in [1.54, 1.807) is 9.58 Å². The summed E-state index contributed by atoms with van der Waals surface area (Å²) in [5, 5.41) is 11.1. The van der Waals surface area contributed by atoms with Crippen molar-refractivity contribution in [3.8, 4) is 0 Å². The molecule has 7 nitrogen and oxygen atoms in total. The topological polar surface area (TPSA) is 80.1 Å². The quantitative estimate of drug-likeness (QED) is 0.911. The fraction of sp³-hybridized carbons (Fsp3) is 0.750. The normalized spacial score (nSPS) is 22.2. The van der Waals surface area contributed by atoms with Crippen LogP contribution in [0.1, 0.15) is 61.0 Å². The van der Waals surface area contributed by atoms with Gasteiger partial charge in [0.15, 0.2) is 11.4 Å². The van der Waals surface area contributed by atoms with Gasteiger partial charge in [-0.05, 0) is 31.1 Å². The number of amides is 2. The molecule has 1 N–H and O–H groups in total. The van der Waals surface area contributed by atoms with E-state index in [0.717, 1.165) is 32.4 Å². The van der Waals surface area contributed by atoms with Gasteiger partial charge >= 0.3 is 0 Å². The first kappa shape index (κ1) is 16.0. The number of likely N-dealkylation sites (tertiary alicyclic amines) is 1. The minimum atomic E-state index is -0.236. The lowest BCUT2D eigenvalue weighted by Gasteiger charge is -2.30. The van der Waals surface area contributed by atoms with E-state index in [1.807, 2.05) is 0 Å². The van der Waals surface area contributed by atoms with E-state index in [0.29, 0.717) is 24.1 Å². The summed E-state index contributed by atoms with van der Waals surface area (Å²) in [7, 11) is 0. The Bertz CT molecular complexity index is 602. The van der Waals surface area contributed by atoms with Crippen molar-refractivity contribution in [3.63, 3.8) is 0 Å². The predicted octanol–water partition coefficient (Wildman–Crippen LogP) is 1.31. The Morgan fingerprint density at radius 2 is 2.04 bits per heavy atom. The van der Waals surface area contributed by atoms with E-state index in [1.165, 1.54) is 0 Å². The van der Waals surface area contributed by atoms with Crippen LogP contribution < -0.4 is 5.32 Å². The molecule has 1 saturated heterocycles. The summed E-state index contributed by atoms with van der Waals surface area (Å²) in [5.74, 6) is 0.728. The molecule has 2 aliphatic rings. The molecule has 0 unspecified atom stereocenters. The molecule has 3 heterocycles. The van der Waals surface area contributed by atoms with E-state index < -0.39 is 0 Å². The molecule has 0 aliphatic carbocycles. The van der Waals surface area contributed by atoms with Crippen molar-refractivity contribution in [3.05, 3.63) is 11.4 Å². The van der Waals surface area contributed by atoms with Gasteiger partial charge in [0.25, 0.3) is 11.8 Å². The van der Waals surface area contributed by atoms with E-state index >= 15 is 0 Å². The monoisotopic (exact) mass is 319 g/mol. The number of hydrogen-bond donors (Lipinski definition) is 1. The Kier molecular flexibility index (Phi) is 4.37. The summed E-state index contributed by atoms with van der Waals surface area (Å²) >= 11 is 0. The molecule has 7 heteroatoms. The number of nitrogens with one attached hydrogen (secondary N) is 1. The number of rotatable bonds is 3. The Morgan fingerprint density at radius 1 is 1.35 bits per heavy atom. The Labute approximate surface area is 136 Å². The Morgan fingerprint density at radius 3 is 2.70 bits per heavy atom. The molecule has 1 aromatic rings. The van der Waals surface area contributed by atoms with Crippen molar-refractivity contribution in [1.82, 2.24) is 25.2 Å². The molecule has 23 heavy (non-hydrogen) atoms. The molecule has 1 fully saturated rings. The lowest BCUT2D eigenvalue weighted by atomic mass is 9.99. The lowest BCUT2D eigenvalue weighted by molar-refractivity contribution is 0.0683. The van der Waals surface area contributed by atoms with E-state index in [9.17, 15) is 9.59 Å². The van der Waals surface area contributed by atoms with Crippen LogP contribution in [-0.4, -0.2) is 50.8 Å². The summed E-state index contributed by atoms with van der Waals surface area (Å²) < 4.78 is 1.59. The van der Waals surface area contributed by atoms with Gasteiger partial charge in [0.2, 0.25) is 0 Å². The molecule has 126 valence electrons. The zero-order chi connectivity index (χ0) is 16.6. The van der Waals surface area contributed by atoms with E-state index in [4.69, 9.17) is 0 Å². The van der Waals surface area contributed by atoms with Gasteiger partial charge in [0.1, 0.15) is 0 Å². The zero-order valence-electron chi connectivity index (χ0n) is 14.1. The molecule has 2 amide bonds. The molecule has 0 spiro atoms. The van der Waals surface area contributed by atoms with Gasteiger partial charge in [-0.1, -0.05) is 26.0 Å². The van der Waals surface area contributed by atoms with Crippen molar-refractivity contribution in [2.45, 2.75) is 52.6 Å². The smallest absolute Gasteiger partial charge is 0.276 e. The Hall–Kier alpha value is -1.92. The van der Waals surface area contributed by atoms with Gasteiger partial charge in [-0.2, -0.15) is 0 Å². The molecule has 3 rings (SSSR count). The standard InChI is InChI=1S/C16H25N5O2/c1-10(2)8-12-9-21-14(15(22)17-12)13(18-19-21)16(23)20-6-4-11(3)5-7-20/h10-12H,4-9H2,1-3H3,(H,17,22)/t12-/m0/s1. The van der Waals surface area contributed by atoms with E-state index in [-0.39, 0.29) is 23.6 Å². The maximum absolute atomic E-state index is 12.7. The van der Waals surface area contributed by atoms with Crippen LogP contribution in [0.3, 0.4) is 0 Å². The maximum Gasteiger partial charge on any atom is 0.276 e. The SMILES string of the molecule is CC(C)C[C@H]1Cn2nnc(C(=O)N3CCC(C)CC3)c2C(=O)N1. The summed E-state index contributed by atoms with van der Waals surface area (Å²) in [6, 6.07) is 0.0514. The lowest BCUT2D eigenvalue weighted by Crippen LogP contribution is -2.46. The highest BCUT2D eigenvalue weighted by Gasteiger charge is 2.34. The number of piperidine rings is 1.